The van der Waals surface area contributed by atoms with Crippen LogP contribution in [0.1, 0.15) is 15.9 Å². The molecule has 22 heavy (non-hydrogen) atoms. The van der Waals surface area contributed by atoms with E-state index in [0.717, 1.165) is 6.07 Å². The molecular formula is C15H10F4INO. The van der Waals surface area contributed by atoms with Crippen LogP contribution in [-0.2, 0) is 5.92 Å². The lowest BCUT2D eigenvalue weighted by Gasteiger charge is -2.18. The number of halogens is 5. The second kappa shape index (κ2) is 6.64. The SMILES string of the molecule is O=C(NCC(F)(F)c1ccc(F)cc1F)c1ccccc1I. The Labute approximate surface area is 137 Å². The van der Waals surface area contributed by atoms with Crippen molar-refractivity contribution >= 4 is 28.5 Å². The van der Waals surface area contributed by atoms with Crippen LogP contribution < -0.4 is 5.32 Å². The van der Waals surface area contributed by atoms with E-state index in [4.69, 9.17) is 0 Å². The van der Waals surface area contributed by atoms with Gasteiger partial charge in [0.25, 0.3) is 11.8 Å². The van der Waals surface area contributed by atoms with Crippen molar-refractivity contribution in [3.63, 3.8) is 0 Å². The maximum atomic E-state index is 13.9. The van der Waals surface area contributed by atoms with Gasteiger partial charge in [-0.15, -0.1) is 0 Å². The van der Waals surface area contributed by atoms with Crippen molar-refractivity contribution in [1.82, 2.24) is 5.32 Å². The van der Waals surface area contributed by atoms with E-state index >= 15 is 0 Å². The molecule has 2 rings (SSSR count). The fourth-order valence-corrected chi connectivity index (χ4v) is 2.45. The highest BCUT2D eigenvalue weighted by Crippen LogP contribution is 2.29. The van der Waals surface area contributed by atoms with Crippen LogP contribution in [-0.4, -0.2) is 12.5 Å². The van der Waals surface area contributed by atoms with Crippen molar-refractivity contribution in [3.8, 4) is 0 Å². The molecule has 0 radical (unpaired) electrons. The van der Waals surface area contributed by atoms with Crippen LogP contribution in [0.2, 0.25) is 0 Å². The maximum absolute atomic E-state index is 13.9. The van der Waals surface area contributed by atoms with Crippen LogP contribution in [0.3, 0.4) is 0 Å². The first-order valence-electron chi connectivity index (χ1n) is 6.17. The molecule has 7 heteroatoms. The lowest BCUT2D eigenvalue weighted by atomic mass is 10.1. The molecule has 0 heterocycles. The van der Waals surface area contributed by atoms with Gasteiger partial charge in [0, 0.05) is 9.64 Å². The van der Waals surface area contributed by atoms with E-state index in [1.807, 2.05) is 22.6 Å². The Kier molecular flexibility index (Phi) is 5.05. The van der Waals surface area contributed by atoms with E-state index in [1.54, 1.807) is 18.2 Å². The third-order valence-corrected chi connectivity index (χ3v) is 3.86. The average Bonchev–Trinajstić information content (AvgIpc) is 2.45. The first-order chi connectivity index (χ1) is 10.3. The largest absolute Gasteiger partial charge is 0.346 e. The molecule has 1 amide bonds. The Hall–Kier alpha value is -1.64. The van der Waals surface area contributed by atoms with Crippen LogP contribution in [0.15, 0.2) is 42.5 Å². The van der Waals surface area contributed by atoms with Gasteiger partial charge in [0.15, 0.2) is 0 Å². The number of carbonyl (C=O) groups is 1. The third kappa shape index (κ3) is 3.76. The van der Waals surface area contributed by atoms with Gasteiger partial charge in [-0.25, -0.2) is 8.78 Å². The molecule has 0 spiro atoms. The van der Waals surface area contributed by atoms with Crippen LogP contribution in [0.25, 0.3) is 0 Å². The first-order valence-corrected chi connectivity index (χ1v) is 7.25. The van der Waals surface area contributed by atoms with Gasteiger partial charge in [-0.1, -0.05) is 12.1 Å². The molecule has 0 aliphatic heterocycles. The number of carbonyl (C=O) groups excluding carboxylic acids is 1. The normalized spacial score (nSPS) is 11.3. The van der Waals surface area contributed by atoms with Gasteiger partial charge in [-0.05, 0) is 46.9 Å². The minimum atomic E-state index is -3.65. The predicted molar refractivity (Wildman–Crippen MR) is 81.7 cm³/mol. The Morgan fingerprint density at radius 1 is 1.14 bits per heavy atom. The predicted octanol–water partition coefficient (Wildman–Crippen LogP) is 4.09. The second-order valence-electron chi connectivity index (χ2n) is 4.49. The first kappa shape index (κ1) is 16.7. The van der Waals surface area contributed by atoms with Crippen molar-refractivity contribution in [2.24, 2.45) is 0 Å². The summed E-state index contributed by atoms with van der Waals surface area (Å²) in [6.45, 7) is -1.08. The summed E-state index contributed by atoms with van der Waals surface area (Å²) in [6.07, 6.45) is 0. The second-order valence-corrected chi connectivity index (χ2v) is 5.65. The number of rotatable bonds is 4. The van der Waals surface area contributed by atoms with Gasteiger partial charge in [-0.2, -0.15) is 8.78 Å². The minimum absolute atomic E-state index is 0.249. The Bertz CT molecular complexity index is 706. The highest BCUT2D eigenvalue weighted by Gasteiger charge is 2.35. The summed E-state index contributed by atoms with van der Waals surface area (Å²) in [5, 5.41) is 2.07. The van der Waals surface area contributed by atoms with Crippen molar-refractivity contribution in [2.75, 3.05) is 6.54 Å². The van der Waals surface area contributed by atoms with Crippen molar-refractivity contribution in [1.29, 1.82) is 0 Å². The number of amides is 1. The van der Waals surface area contributed by atoms with E-state index in [9.17, 15) is 22.4 Å². The summed E-state index contributed by atoms with van der Waals surface area (Å²) >= 11 is 1.91. The van der Waals surface area contributed by atoms with Crippen molar-refractivity contribution in [2.45, 2.75) is 5.92 Å². The summed E-state index contributed by atoms with van der Waals surface area (Å²) in [5.74, 6) is -6.63. The highest BCUT2D eigenvalue weighted by molar-refractivity contribution is 14.1. The van der Waals surface area contributed by atoms with Crippen LogP contribution in [0, 0.1) is 15.2 Å². The zero-order valence-corrected chi connectivity index (χ0v) is 13.2. The van der Waals surface area contributed by atoms with Crippen LogP contribution >= 0.6 is 22.6 Å². The lowest BCUT2D eigenvalue weighted by Crippen LogP contribution is -2.35. The zero-order chi connectivity index (χ0) is 16.3. The minimum Gasteiger partial charge on any atom is -0.346 e. The number of hydrogen-bond donors (Lipinski definition) is 1. The number of hydrogen-bond acceptors (Lipinski definition) is 1. The fraction of sp³-hybridized carbons (Fsp3) is 0.133. The van der Waals surface area contributed by atoms with E-state index in [1.165, 1.54) is 6.07 Å². The van der Waals surface area contributed by atoms with Gasteiger partial charge < -0.3 is 5.32 Å². The van der Waals surface area contributed by atoms with Gasteiger partial charge in [-0.3, -0.25) is 4.79 Å². The molecule has 0 unspecified atom stereocenters. The number of alkyl halides is 2. The van der Waals surface area contributed by atoms with Crippen molar-refractivity contribution < 1.29 is 22.4 Å². The number of nitrogens with one attached hydrogen (secondary N) is 1. The van der Waals surface area contributed by atoms with Crippen molar-refractivity contribution in [3.05, 3.63) is 68.8 Å². The van der Waals surface area contributed by atoms with E-state index < -0.39 is 35.6 Å². The lowest BCUT2D eigenvalue weighted by molar-refractivity contribution is -0.00589. The monoisotopic (exact) mass is 423 g/mol. The average molecular weight is 423 g/mol. The summed E-state index contributed by atoms with van der Waals surface area (Å²) in [5.41, 5.74) is -0.713. The molecule has 0 saturated heterocycles. The molecule has 0 atom stereocenters. The summed E-state index contributed by atoms with van der Waals surface area (Å²) in [7, 11) is 0. The highest BCUT2D eigenvalue weighted by atomic mass is 127. The summed E-state index contributed by atoms with van der Waals surface area (Å²) in [4.78, 5) is 11.9. The number of benzene rings is 2. The molecule has 2 aromatic carbocycles. The molecule has 1 N–H and O–H groups in total. The van der Waals surface area contributed by atoms with Gasteiger partial charge in [0.1, 0.15) is 11.6 Å². The van der Waals surface area contributed by atoms with E-state index in [-0.39, 0.29) is 5.56 Å². The molecular weight excluding hydrogens is 413 g/mol. The molecule has 2 nitrogen and oxygen atoms in total. The van der Waals surface area contributed by atoms with Gasteiger partial charge >= 0.3 is 0 Å². The van der Waals surface area contributed by atoms with E-state index in [2.05, 4.69) is 5.32 Å². The molecule has 0 fully saturated rings. The summed E-state index contributed by atoms with van der Waals surface area (Å²) in [6, 6.07) is 8.26. The zero-order valence-electron chi connectivity index (χ0n) is 11.0. The Morgan fingerprint density at radius 2 is 1.82 bits per heavy atom. The Balaban J connectivity index is 2.13. The van der Waals surface area contributed by atoms with Gasteiger partial charge in [0.2, 0.25) is 0 Å². The topological polar surface area (TPSA) is 29.1 Å². The maximum Gasteiger partial charge on any atom is 0.292 e. The third-order valence-electron chi connectivity index (χ3n) is 2.91. The standard InChI is InChI=1S/C15H10F4INO/c16-9-5-6-11(12(17)7-9)15(18,19)8-21-14(22)10-3-1-2-4-13(10)20/h1-7H,8H2,(H,21,22). The molecule has 2 aromatic rings. The molecule has 0 bridgehead atoms. The van der Waals surface area contributed by atoms with Gasteiger partial charge in [0.05, 0.1) is 17.7 Å². The smallest absolute Gasteiger partial charge is 0.292 e. The quantitative estimate of drug-likeness (QED) is 0.583. The molecule has 0 aliphatic carbocycles. The van der Waals surface area contributed by atoms with Crippen LogP contribution in [0.4, 0.5) is 17.6 Å². The molecule has 0 saturated carbocycles. The molecule has 0 aliphatic rings. The van der Waals surface area contributed by atoms with Crippen LogP contribution in [0.5, 0.6) is 0 Å². The fourth-order valence-electron chi connectivity index (χ4n) is 1.81. The molecule has 0 aromatic heterocycles. The Morgan fingerprint density at radius 3 is 2.45 bits per heavy atom. The van der Waals surface area contributed by atoms with E-state index in [0.29, 0.717) is 15.7 Å². The summed E-state index contributed by atoms with van der Waals surface area (Å²) < 4.78 is 54.7. The molecule has 116 valence electrons.